The van der Waals surface area contributed by atoms with E-state index < -0.39 is 17.6 Å². The molecule has 1 amide bonds. The van der Waals surface area contributed by atoms with Gasteiger partial charge in [-0.25, -0.2) is 9.50 Å². The molecule has 0 saturated heterocycles. The van der Waals surface area contributed by atoms with Crippen molar-refractivity contribution in [1.82, 2.24) is 19.6 Å². The second kappa shape index (κ2) is 6.98. The Labute approximate surface area is 153 Å². The van der Waals surface area contributed by atoms with E-state index in [1.807, 2.05) is 13.8 Å². The first-order chi connectivity index (χ1) is 12.7. The van der Waals surface area contributed by atoms with Gasteiger partial charge in [0.25, 0.3) is 5.78 Å². The van der Waals surface area contributed by atoms with E-state index in [2.05, 4.69) is 20.4 Å². The van der Waals surface area contributed by atoms with Crippen molar-refractivity contribution < 1.29 is 18.0 Å². The minimum atomic E-state index is -4.47. The number of anilines is 1. The molecule has 9 heteroatoms. The Bertz CT molecular complexity index is 1010. The van der Waals surface area contributed by atoms with E-state index in [0.717, 1.165) is 17.8 Å². The summed E-state index contributed by atoms with van der Waals surface area (Å²) in [7, 11) is 0. The van der Waals surface area contributed by atoms with E-state index in [9.17, 15) is 18.0 Å². The maximum atomic E-state index is 12.8. The van der Waals surface area contributed by atoms with Crippen LogP contribution in [0.5, 0.6) is 0 Å². The van der Waals surface area contributed by atoms with Crippen LogP contribution >= 0.6 is 0 Å². The quantitative estimate of drug-likeness (QED) is 0.755. The number of carbonyl (C=O) groups is 1. The average molecular weight is 377 g/mol. The van der Waals surface area contributed by atoms with Crippen molar-refractivity contribution in [3.05, 3.63) is 52.6 Å². The number of amides is 1. The Balaban J connectivity index is 1.84. The Kier molecular flexibility index (Phi) is 4.86. The summed E-state index contributed by atoms with van der Waals surface area (Å²) in [5.74, 6) is 0.678. The van der Waals surface area contributed by atoms with Crippen molar-refractivity contribution in [2.75, 3.05) is 5.32 Å². The van der Waals surface area contributed by atoms with E-state index in [1.54, 1.807) is 11.4 Å². The Morgan fingerprint density at radius 3 is 2.63 bits per heavy atom. The van der Waals surface area contributed by atoms with Crippen LogP contribution in [0.3, 0.4) is 0 Å². The molecule has 3 aromatic rings. The summed E-state index contributed by atoms with van der Waals surface area (Å²) < 4.78 is 40.0. The maximum Gasteiger partial charge on any atom is 0.416 e. The monoisotopic (exact) mass is 377 g/mol. The maximum absolute atomic E-state index is 12.8. The number of halogens is 3. The van der Waals surface area contributed by atoms with Crippen LogP contribution in [-0.2, 0) is 23.8 Å². The highest BCUT2D eigenvalue weighted by Gasteiger charge is 2.30. The van der Waals surface area contributed by atoms with Gasteiger partial charge in [-0.3, -0.25) is 4.79 Å². The molecule has 1 N–H and O–H groups in total. The van der Waals surface area contributed by atoms with E-state index in [1.165, 1.54) is 12.1 Å². The fourth-order valence-electron chi connectivity index (χ4n) is 2.79. The largest absolute Gasteiger partial charge is 0.416 e. The van der Waals surface area contributed by atoms with Crippen LogP contribution in [-0.4, -0.2) is 25.5 Å². The molecule has 0 fully saturated rings. The molecule has 0 unspecified atom stereocenters. The number of aromatic nitrogens is 4. The molecule has 3 rings (SSSR count). The van der Waals surface area contributed by atoms with Gasteiger partial charge in [0.2, 0.25) is 5.91 Å². The normalized spacial score (nSPS) is 11.8. The highest BCUT2D eigenvalue weighted by Crippen LogP contribution is 2.30. The standard InChI is InChI=1S/C18H18F3N5O/c1-4-15-24-17-22-10(2)14(11(3)26(17)25-15)9-16(27)23-13-7-5-6-12(8-13)18(19,20)21/h5-8H,4,9H2,1-3H3,(H,23,27). The van der Waals surface area contributed by atoms with E-state index in [0.29, 0.717) is 29.3 Å². The van der Waals surface area contributed by atoms with Gasteiger partial charge < -0.3 is 5.32 Å². The van der Waals surface area contributed by atoms with Crippen molar-refractivity contribution in [3.8, 4) is 0 Å². The van der Waals surface area contributed by atoms with Gasteiger partial charge >= 0.3 is 6.18 Å². The number of carbonyl (C=O) groups excluding carboxylic acids is 1. The summed E-state index contributed by atoms with van der Waals surface area (Å²) >= 11 is 0. The lowest BCUT2D eigenvalue weighted by Crippen LogP contribution is -2.18. The van der Waals surface area contributed by atoms with Crippen LogP contribution in [0.2, 0.25) is 0 Å². The predicted molar refractivity (Wildman–Crippen MR) is 93.4 cm³/mol. The fraction of sp³-hybridized carbons (Fsp3) is 0.333. The number of nitrogens with one attached hydrogen (secondary N) is 1. The zero-order valence-corrected chi connectivity index (χ0v) is 15.1. The van der Waals surface area contributed by atoms with Gasteiger partial charge in [0.1, 0.15) is 0 Å². The molecular weight excluding hydrogens is 359 g/mol. The second-order valence-corrected chi connectivity index (χ2v) is 6.16. The third kappa shape index (κ3) is 3.91. The first kappa shape index (κ1) is 18.8. The lowest BCUT2D eigenvalue weighted by molar-refractivity contribution is -0.137. The van der Waals surface area contributed by atoms with Crippen LogP contribution in [0, 0.1) is 13.8 Å². The molecule has 0 atom stereocenters. The summed E-state index contributed by atoms with van der Waals surface area (Å²) in [5.41, 5.74) is 1.30. The molecule has 0 aliphatic heterocycles. The minimum absolute atomic E-state index is 0.0296. The van der Waals surface area contributed by atoms with Crippen molar-refractivity contribution >= 4 is 17.4 Å². The number of fused-ring (bicyclic) bond motifs is 1. The van der Waals surface area contributed by atoms with Crippen molar-refractivity contribution in [3.63, 3.8) is 0 Å². The molecule has 2 heterocycles. The lowest BCUT2D eigenvalue weighted by Gasteiger charge is -2.12. The predicted octanol–water partition coefficient (Wildman–Crippen LogP) is 3.50. The van der Waals surface area contributed by atoms with Crippen molar-refractivity contribution in [1.29, 1.82) is 0 Å². The van der Waals surface area contributed by atoms with Gasteiger partial charge in [-0.15, -0.1) is 5.10 Å². The number of rotatable bonds is 4. The molecule has 0 radical (unpaired) electrons. The molecule has 0 aliphatic carbocycles. The summed E-state index contributed by atoms with van der Waals surface area (Å²) in [6.45, 7) is 5.50. The first-order valence-electron chi connectivity index (χ1n) is 8.38. The summed E-state index contributed by atoms with van der Waals surface area (Å²) in [6.07, 6.45) is -3.83. The fourth-order valence-corrected chi connectivity index (χ4v) is 2.79. The molecule has 0 saturated carbocycles. The molecular formula is C18H18F3N5O. The molecule has 0 spiro atoms. The average Bonchev–Trinajstić information content (AvgIpc) is 3.01. The number of aryl methyl sites for hydroxylation is 3. The summed E-state index contributed by atoms with van der Waals surface area (Å²) in [6, 6.07) is 4.53. The van der Waals surface area contributed by atoms with Gasteiger partial charge in [-0.05, 0) is 32.0 Å². The highest BCUT2D eigenvalue weighted by molar-refractivity contribution is 5.92. The van der Waals surface area contributed by atoms with Crippen LogP contribution < -0.4 is 5.32 Å². The zero-order chi connectivity index (χ0) is 19.8. The molecule has 142 valence electrons. The minimum Gasteiger partial charge on any atom is -0.326 e. The van der Waals surface area contributed by atoms with Crippen LogP contribution in [0.25, 0.3) is 5.78 Å². The molecule has 27 heavy (non-hydrogen) atoms. The summed E-state index contributed by atoms with van der Waals surface area (Å²) in [5, 5.41) is 6.86. The number of nitrogens with zero attached hydrogens (tertiary/aromatic N) is 4. The first-order valence-corrected chi connectivity index (χ1v) is 8.38. The molecule has 0 bridgehead atoms. The number of alkyl halides is 3. The lowest BCUT2D eigenvalue weighted by atomic mass is 10.1. The number of hydrogen-bond acceptors (Lipinski definition) is 4. The summed E-state index contributed by atoms with van der Waals surface area (Å²) in [4.78, 5) is 21.1. The van der Waals surface area contributed by atoms with Gasteiger partial charge in [0.15, 0.2) is 5.82 Å². The topological polar surface area (TPSA) is 72.2 Å². The Hall–Kier alpha value is -2.97. The third-order valence-electron chi connectivity index (χ3n) is 4.22. The number of benzene rings is 1. The number of hydrogen-bond donors (Lipinski definition) is 1. The molecule has 0 aliphatic rings. The van der Waals surface area contributed by atoms with Crippen molar-refractivity contribution in [2.24, 2.45) is 0 Å². The van der Waals surface area contributed by atoms with Gasteiger partial charge in [-0.2, -0.15) is 18.2 Å². The molecule has 2 aromatic heterocycles. The Morgan fingerprint density at radius 2 is 1.96 bits per heavy atom. The van der Waals surface area contributed by atoms with Gasteiger partial charge in [0.05, 0.1) is 12.0 Å². The smallest absolute Gasteiger partial charge is 0.326 e. The van der Waals surface area contributed by atoms with E-state index in [-0.39, 0.29) is 12.1 Å². The SMILES string of the molecule is CCc1nc2nc(C)c(CC(=O)Nc3cccc(C(F)(F)F)c3)c(C)n2n1. The third-order valence-corrected chi connectivity index (χ3v) is 4.22. The van der Waals surface area contributed by atoms with Crippen molar-refractivity contribution in [2.45, 2.75) is 39.8 Å². The van der Waals surface area contributed by atoms with Crippen LogP contribution in [0.15, 0.2) is 24.3 Å². The van der Waals surface area contributed by atoms with Gasteiger partial charge in [0, 0.05) is 29.1 Å². The zero-order valence-electron chi connectivity index (χ0n) is 15.1. The van der Waals surface area contributed by atoms with Crippen LogP contribution in [0.4, 0.5) is 18.9 Å². The molecule has 6 nitrogen and oxygen atoms in total. The molecule has 1 aromatic carbocycles. The Morgan fingerprint density at radius 1 is 1.22 bits per heavy atom. The highest BCUT2D eigenvalue weighted by atomic mass is 19.4. The second-order valence-electron chi connectivity index (χ2n) is 6.16. The van der Waals surface area contributed by atoms with Crippen LogP contribution in [0.1, 0.15) is 35.3 Å². The van der Waals surface area contributed by atoms with E-state index in [4.69, 9.17) is 0 Å². The van der Waals surface area contributed by atoms with E-state index >= 15 is 0 Å². The van der Waals surface area contributed by atoms with Gasteiger partial charge in [-0.1, -0.05) is 13.0 Å².